The molecule has 272 valence electrons. The van der Waals surface area contributed by atoms with Crippen molar-refractivity contribution in [2.45, 2.75) is 0 Å². The third kappa shape index (κ3) is 6.00. The summed E-state index contributed by atoms with van der Waals surface area (Å²) in [7, 11) is 0. The van der Waals surface area contributed by atoms with Gasteiger partial charge in [0, 0.05) is 27.7 Å². The number of para-hydroxylation sites is 1. The number of furan rings is 1. The molecule has 10 aromatic carbocycles. The fourth-order valence-electron chi connectivity index (χ4n) is 8.56. The maximum absolute atomic E-state index is 6.44. The summed E-state index contributed by atoms with van der Waals surface area (Å²) in [5, 5.41) is 7.07. The van der Waals surface area contributed by atoms with Gasteiger partial charge in [0.15, 0.2) is 0 Å². The average molecular weight is 740 g/mol. The monoisotopic (exact) mass is 739 g/mol. The van der Waals surface area contributed by atoms with Gasteiger partial charge in [0.1, 0.15) is 11.2 Å². The molecule has 0 amide bonds. The van der Waals surface area contributed by atoms with Crippen molar-refractivity contribution in [3.05, 3.63) is 224 Å². The van der Waals surface area contributed by atoms with Crippen LogP contribution in [0.4, 0.5) is 17.1 Å². The van der Waals surface area contributed by atoms with Gasteiger partial charge in [0.05, 0.1) is 5.69 Å². The van der Waals surface area contributed by atoms with Crippen LogP contribution < -0.4 is 4.90 Å². The van der Waals surface area contributed by atoms with Crippen molar-refractivity contribution in [2.75, 3.05) is 4.90 Å². The number of fused-ring (bicyclic) bond motifs is 5. The summed E-state index contributed by atoms with van der Waals surface area (Å²) in [5.41, 5.74) is 14.3. The Morgan fingerprint density at radius 3 is 1.66 bits per heavy atom. The van der Waals surface area contributed by atoms with E-state index in [1.807, 2.05) is 0 Å². The molecular weight excluding hydrogens is 703 g/mol. The highest BCUT2D eigenvalue weighted by atomic mass is 16.3. The number of anilines is 3. The molecule has 0 spiro atoms. The molecule has 58 heavy (non-hydrogen) atoms. The molecule has 1 heterocycles. The molecule has 2 heteroatoms. The van der Waals surface area contributed by atoms with Crippen LogP contribution in [-0.4, -0.2) is 0 Å². The lowest BCUT2D eigenvalue weighted by molar-refractivity contribution is 0.669. The molecule has 0 saturated carbocycles. The summed E-state index contributed by atoms with van der Waals surface area (Å²) in [6, 6.07) is 80.9. The van der Waals surface area contributed by atoms with Crippen LogP contribution >= 0.6 is 0 Å². The standard InChI is InChI=1S/C56H37NO/c1-3-15-39(16-4-1)49-30-29-48(37-51(49)40-17-5-2-6-18-40)57(47-23-13-22-42(33-47)45-27-26-38-14-7-8-19-41(38)32-45)54-25-12-11-24-50(54)46-28-31-55-52(35-46)53-34-43-20-9-10-21-44(43)36-56(53)58-55/h1-37H. The van der Waals surface area contributed by atoms with Crippen molar-refractivity contribution >= 4 is 60.5 Å². The maximum atomic E-state index is 6.44. The normalized spacial score (nSPS) is 11.4. The first-order chi connectivity index (χ1) is 28.7. The van der Waals surface area contributed by atoms with Gasteiger partial charge < -0.3 is 9.32 Å². The molecule has 1 aromatic heterocycles. The molecule has 0 N–H and O–H groups in total. The van der Waals surface area contributed by atoms with Gasteiger partial charge in [0.25, 0.3) is 0 Å². The zero-order chi connectivity index (χ0) is 38.4. The summed E-state index contributed by atoms with van der Waals surface area (Å²) in [4.78, 5) is 2.42. The topological polar surface area (TPSA) is 16.4 Å². The molecule has 0 fully saturated rings. The Balaban J connectivity index is 1.12. The first-order valence-corrected chi connectivity index (χ1v) is 19.8. The summed E-state index contributed by atoms with van der Waals surface area (Å²) in [5.74, 6) is 0. The smallest absolute Gasteiger partial charge is 0.136 e. The van der Waals surface area contributed by atoms with E-state index in [2.05, 4.69) is 229 Å². The highest BCUT2D eigenvalue weighted by Gasteiger charge is 2.21. The van der Waals surface area contributed by atoms with E-state index in [4.69, 9.17) is 4.42 Å². The van der Waals surface area contributed by atoms with E-state index in [0.29, 0.717) is 0 Å². The molecule has 11 aromatic rings. The Bertz CT molecular complexity index is 3290. The Hall–Kier alpha value is -7.68. The zero-order valence-corrected chi connectivity index (χ0v) is 31.7. The minimum absolute atomic E-state index is 0.885. The Kier molecular flexibility index (Phi) is 8.19. The van der Waals surface area contributed by atoms with Crippen molar-refractivity contribution in [1.82, 2.24) is 0 Å². The quantitative estimate of drug-likeness (QED) is 0.162. The lowest BCUT2D eigenvalue weighted by Crippen LogP contribution is -2.11. The maximum Gasteiger partial charge on any atom is 0.136 e. The molecule has 0 unspecified atom stereocenters. The second-order valence-corrected chi connectivity index (χ2v) is 14.9. The Morgan fingerprint density at radius 2 is 0.862 bits per heavy atom. The number of nitrogens with zero attached hydrogens (tertiary/aromatic N) is 1. The molecule has 0 aliphatic heterocycles. The van der Waals surface area contributed by atoms with Crippen molar-refractivity contribution in [3.8, 4) is 44.5 Å². The predicted octanol–water partition coefficient (Wildman–Crippen LogP) is 16.0. The van der Waals surface area contributed by atoms with Crippen molar-refractivity contribution in [2.24, 2.45) is 0 Å². The Labute approximate surface area is 337 Å². The summed E-state index contributed by atoms with van der Waals surface area (Å²) in [6.45, 7) is 0. The summed E-state index contributed by atoms with van der Waals surface area (Å²) < 4.78 is 6.44. The van der Waals surface area contributed by atoms with Crippen molar-refractivity contribution < 1.29 is 4.42 Å². The minimum atomic E-state index is 0.885. The van der Waals surface area contributed by atoms with Crippen LogP contribution in [0.25, 0.3) is 88.0 Å². The fraction of sp³-hybridized carbons (Fsp3) is 0. The van der Waals surface area contributed by atoms with Gasteiger partial charge in [-0.2, -0.15) is 0 Å². The molecule has 0 saturated heterocycles. The van der Waals surface area contributed by atoms with Gasteiger partial charge in [-0.15, -0.1) is 0 Å². The summed E-state index contributed by atoms with van der Waals surface area (Å²) in [6.07, 6.45) is 0. The largest absolute Gasteiger partial charge is 0.456 e. The van der Waals surface area contributed by atoms with Gasteiger partial charge in [-0.25, -0.2) is 0 Å². The first-order valence-electron chi connectivity index (χ1n) is 19.8. The van der Waals surface area contributed by atoms with E-state index in [0.717, 1.165) is 55.7 Å². The zero-order valence-electron chi connectivity index (χ0n) is 31.7. The van der Waals surface area contributed by atoms with E-state index in [1.165, 1.54) is 49.4 Å². The lowest BCUT2D eigenvalue weighted by atomic mass is 9.93. The van der Waals surface area contributed by atoms with Crippen LogP contribution in [-0.2, 0) is 0 Å². The van der Waals surface area contributed by atoms with Gasteiger partial charge in [-0.3, -0.25) is 0 Å². The first kappa shape index (κ1) is 33.6. The van der Waals surface area contributed by atoms with Crippen LogP contribution in [0, 0.1) is 0 Å². The second kappa shape index (κ2) is 14.1. The van der Waals surface area contributed by atoms with Crippen LogP contribution in [0.3, 0.4) is 0 Å². The van der Waals surface area contributed by atoms with E-state index < -0.39 is 0 Å². The predicted molar refractivity (Wildman–Crippen MR) is 245 cm³/mol. The fourth-order valence-corrected chi connectivity index (χ4v) is 8.56. The van der Waals surface area contributed by atoms with Crippen LogP contribution in [0.2, 0.25) is 0 Å². The van der Waals surface area contributed by atoms with E-state index in [9.17, 15) is 0 Å². The third-order valence-electron chi connectivity index (χ3n) is 11.4. The molecule has 11 rings (SSSR count). The van der Waals surface area contributed by atoms with Crippen molar-refractivity contribution in [3.63, 3.8) is 0 Å². The number of hydrogen-bond acceptors (Lipinski definition) is 2. The molecule has 2 nitrogen and oxygen atoms in total. The Morgan fingerprint density at radius 1 is 0.276 bits per heavy atom. The highest BCUT2D eigenvalue weighted by molar-refractivity contribution is 6.11. The van der Waals surface area contributed by atoms with Crippen molar-refractivity contribution in [1.29, 1.82) is 0 Å². The van der Waals surface area contributed by atoms with Crippen LogP contribution in [0.15, 0.2) is 229 Å². The molecule has 0 radical (unpaired) electrons. The molecule has 0 aliphatic carbocycles. The lowest BCUT2D eigenvalue weighted by Gasteiger charge is -2.29. The van der Waals surface area contributed by atoms with E-state index >= 15 is 0 Å². The average Bonchev–Trinajstić information content (AvgIpc) is 3.65. The number of benzene rings is 10. The highest BCUT2D eigenvalue weighted by Crippen LogP contribution is 2.45. The van der Waals surface area contributed by atoms with Crippen LogP contribution in [0.5, 0.6) is 0 Å². The van der Waals surface area contributed by atoms with E-state index in [-0.39, 0.29) is 0 Å². The molecule has 0 bridgehead atoms. The minimum Gasteiger partial charge on any atom is -0.456 e. The molecule has 0 aliphatic rings. The van der Waals surface area contributed by atoms with Crippen LogP contribution in [0.1, 0.15) is 0 Å². The number of rotatable bonds is 7. The van der Waals surface area contributed by atoms with Gasteiger partial charge in [-0.05, 0) is 121 Å². The number of hydrogen-bond donors (Lipinski definition) is 0. The molecule has 0 atom stereocenters. The van der Waals surface area contributed by atoms with E-state index in [1.54, 1.807) is 0 Å². The summed E-state index contributed by atoms with van der Waals surface area (Å²) >= 11 is 0. The third-order valence-corrected chi connectivity index (χ3v) is 11.4. The van der Waals surface area contributed by atoms with Gasteiger partial charge in [-0.1, -0.05) is 164 Å². The second-order valence-electron chi connectivity index (χ2n) is 14.9. The SMILES string of the molecule is c1ccc(-c2ccc(N(c3cccc(-c4ccc5ccccc5c4)c3)c3ccccc3-c3ccc4oc5cc6ccccc6cc5c4c3)cc2-c2ccccc2)cc1. The molecular formula is C56H37NO. The van der Waals surface area contributed by atoms with Gasteiger partial charge in [0.2, 0.25) is 0 Å². The van der Waals surface area contributed by atoms with Gasteiger partial charge >= 0.3 is 0 Å².